The Bertz CT molecular complexity index is 313. The summed E-state index contributed by atoms with van der Waals surface area (Å²) in [7, 11) is 1.76. The van der Waals surface area contributed by atoms with Gasteiger partial charge >= 0.3 is 0 Å². The molecule has 1 nitrogen and oxygen atoms in total. The molecule has 0 aliphatic rings. The Morgan fingerprint density at radius 3 is 2.36 bits per heavy atom. The van der Waals surface area contributed by atoms with Gasteiger partial charge in [0.2, 0.25) is 0 Å². The molecule has 1 aromatic carbocycles. The Morgan fingerprint density at radius 1 is 1.29 bits per heavy atom. The van der Waals surface area contributed by atoms with Gasteiger partial charge < -0.3 is 4.74 Å². The topological polar surface area (TPSA) is 9.23 Å². The maximum atomic E-state index is 5.51. The summed E-state index contributed by atoms with van der Waals surface area (Å²) in [5, 5.41) is 0. The highest BCUT2D eigenvalue weighted by molar-refractivity contribution is 5.47. The Hall–Kier alpha value is -0.980. The Balaban J connectivity index is 3.33. The minimum Gasteiger partial charge on any atom is -0.496 e. The van der Waals surface area contributed by atoms with Crippen molar-refractivity contribution in [3.05, 3.63) is 28.8 Å². The van der Waals surface area contributed by atoms with Crippen molar-refractivity contribution in [2.24, 2.45) is 0 Å². The number of hydrogen-bond acceptors (Lipinski definition) is 1. The normalized spacial score (nSPS) is 10.7. The van der Waals surface area contributed by atoms with Crippen LogP contribution in [0.3, 0.4) is 0 Å². The average molecular weight is 192 g/mol. The van der Waals surface area contributed by atoms with Gasteiger partial charge in [0.25, 0.3) is 0 Å². The molecule has 1 rings (SSSR count). The van der Waals surface area contributed by atoms with Crippen molar-refractivity contribution in [3.8, 4) is 5.75 Å². The largest absolute Gasteiger partial charge is 0.496 e. The summed E-state index contributed by atoms with van der Waals surface area (Å²) < 4.78 is 5.51. The van der Waals surface area contributed by atoms with E-state index in [0.717, 1.165) is 12.2 Å². The van der Waals surface area contributed by atoms with Crippen LogP contribution in [-0.2, 0) is 6.42 Å². The molecule has 0 aliphatic carbocycles. The van der Waals surface area contributed by atoms with E-state index in [-0.39, 0.29) is 0 Å². The second-order valence-electron chi connectivity index (χ2n) is 3.99. The second kappa shape index (κ2) is 4.50. The lowest BCUT2D eigenvalue weighted by Gasteiger charge is -2.17. The second-order valence-corrected chi connectivity index (χ2v) is 3.99. The maximum Gasteiger partial charge on any atom is 0.125 e. The quantitative estimate of drug-likeness (QED) is 0.709. The van der Waals surface area contributed by atoms with Crippen molar-refractivity contribution in [1.29, 1.82) is 0 Å². The van der Waals surface area contributed by atoms with Gasteiger partial charge in [0.1, 0.15) is 5.75 Å². The Morgan fingerprint density at radius 2 is 1.93 bits per heavy atom. The highest BCUT2D eigenvalue weighted by atomic mass is 16.5. The van der Waals surface area contributed by atoms with Crippen LogP contribution >= 0.6 is 0 Å². The van der Waals surface area contributed by atoms with Gasteiger partial charge in [-0.05, 0) is 36.0 Å². The first kappa shape index (κ1) is 11.1. The highest BCUT2D eigenvalue weighted by Gasteiger charge is 2.12. The van der Waals surface area contributed by atoms with Crippen LogP contribution in [0.15, 0.2) is 12.1 Å². The van der Waals surface area contributed by atoms with Gasteiger partial charge in [0.05, 0.1) is 7.11 Å². The smallest absolute Gasteiger partial charge is 0.125 e. The lowest BCUT2D eigenvalue weighted by atomic mass is 9.95. The van der Waals surface area contributed by atoms with E-state index in [1.807, 2.05) is 0 Å². The molecule has 78 valence electrons. The van der Waals surface area contributed by atoms with Crippen LogP contribution in [0.1, 0.15) is 43.4 Å². The van der Waals surface area contributed by atoms with E-state index >= 15 is 0 Å². The van der Waals surface area contributed by atoms with Crippen molar-refractivity contribution in [3.63, 3.8) is 0 Å². The van der Waals surface area contributed by atoms with Crippen molar-refractivity contribution < 1.29 is 4.74 Å². The van der Waals surface area contributed by atoms with Crippen LogP contribution in [0.2, 0.25) is 0 Å². The SMILES string of the molecule is CCc1c(C)ccc(C(C)C)c1OC. The molecule has 0 bridgehead atoms. The minimum atomic E-state index is 0.524. The molecule has 0 aliphatic heterocycles. The van der Waals surface area contributed by atoms with E-state index in [1.54, 1.807) is 7.11 Å². The summed E-state index contributed by atoms with van der Waals surface area (Å²) in [6.07, 6.45) is 1.04. The molecule has 0 aromatic heterocycles. The fourth-order valence-corrected chi connectivity index (χ4v) is 1.88. The third-order valence-corrected chi connectivity index (χ3v) is 2.70. The van der Waals surface area contributed by atoms with Gasteiger partial charge in [-0.2, -0.15) is 0 Å². The van der Waals surface area contributed by atoms with Crippen molar-refractivity contribution in [2.45, 2.75) is 40.0 Å². The van der Waals surface area contributed by atoms with E-state index in [1.165, 1.54) is 16.7 Å². The Labute approximate surface area is 87.1 Å². The summed E-state index contributed by atoms with van der Waals surface area (Å²) in [6.45, 7) is 8.72. The zero-order valence-corrected chi connectivity index (χ0v) is 9.85. The van der Waals surface area contributed by atoms with E-state index < -0.39 is 0 Å². The number of methoxy groups -OCH3 is 1. The molecule has 0 N–H and O–H groups in total. The number of hydrogen-bond donors (Lipinski definition) is 0. The van der Waals surface area contributed by atoms with E-state index in [4.69, 9.17) is 4.74 Å². The predicted octanol–water partition coefficient (Wildman–Crippen LogP) is 3.69. The fraction of sp³-hybridized carbons (Fsp3) is 0.538. The minimum absolute atomic E-state index is 0.524. The summed E-state index contributed by atoms with van der Waals surface area (Å²) in [5.74, 6) is 1.61. The zero-order valence-electron chi connectivity index (χ0n) is 9.85. The molecule has 0 unspecified atom stereocenters. The van der Waals surface area contributed by atoms with Gasteiger partial charge in [-0.25, -0.2) is 0 Å². The van der Waals surface area contributed by atoms with Crippen molar-refractivity contribution in [2.75, 3.05) is 7.11 Å². The molecule has 0 radical (unpaired) electrons. The average Bonchev–Trinajstić information content (AvgIpc) is 2.16. The van der Waals surface area contributed by atoms with Gasteiger partial charge in [-0.1, -0.05) is 32.9 Å². The molecule has 0 saturated carbocycles. The number of aryl methyl sites for hydroxylation is 1. The zero-order chi connectivity index (χ0) is 10.7. The summed E-state index contributed by atoms with van der Waals surface area (Å²) in [4.78, 5) is 0. The molecule has 0 saturated heterocycles. The molecule has 1 aromatic rings. The van der Waals surface area contributed by atoms with E-state index in [2.05, 4.69) is 39.8 Å². The molecular weight excluding hydrogens is 172 g/mol. The van der Waals surface area contributed by atoms with Crippen LogP contribution in [-0.4, -0.2) is 7.11 Å². The maximum absolute atomic E-state index is 5.51. The van der Waals surface area contributed by atoms with Gasteiger partial charge in [0, 0.05) is 0 Å². The summed E-state index contributed by atoms with van der Waals surface area (Å²) >= 11 is 0. The molecule has 0 spiro atoms. The number of ether oxygens (including phenoxy) is 1. The Kier molecular flexibility index (Phi) is 3.56. The van der Waals surface area contributed by atoms with Crippen molar-refractivity contribution in [1.82, 2.24) is 0 Å². The standard InChI is InChI=1S/C13H20O/c1-6-11-10(4)7-8-12(9(2)3)13(11)14-5/h7-9H,6H2,1-5H3. The molecule has 0 fully saturated rings. The van der Waals surface area contributed by atoms with E-state index in [0.29, 0.717) is 5.92 Å². The van der Waals surface area contributed by atoms with Crippen LogP contribution in [0.4, 0.5) is 0 Å². The first-order valence-electron chi connectivity index (χ1n) is 5.28. The monoisotopic (exact) mass is 192 g/mol. The molecular formula is C13H20O. The fourth-order valence-electron chi connectivity index (χ4n) is 1.88. The molecule has 0 amide bonds. The third kappa shape index (κ3) is 1.92. The number of benzene rings is 1. The predicted molar refractivity (Wildman–Crippen MR) is 61.2 cm³/mol. The first-order valence-corrected chi connectivity index (χ1v) is 5.28. The van der Waals surface area contributed by atoms with Gasteiger partial charge in [-0.15, -0.1) is 0 Å². The van der Waals surface area contributed by atoms with Crippen LogP contribution in [0.5, 0.6) is 5.75 Å². The molecule has 0 atom stereocenters. The lowest BCUT2D eigenvalue weighted by Crippen LogP contribution is -2.00. The number of rotatable bonds is 3. The van der Waals surface area contributed by atoms with Gasteiger partial charge in [-0.3, -0.25) is 0 Å². The van der Waals surface area contributed by atoms with Crippen LogP contribution in [0, 0.1) is 6.92 Å². The lowest BCUT2D eigenvalue weighted by molar-refractivity contribution is 0.402. The van der Waals surface area contributed by atoms with Crippen LogP contribution < -0.4 is 4.74 Å². The first-order chi connectivity index (χ1) is 6.61. The summed E-state index contributed by atoms with van der Waals surface area (Å²) in [6, 6.07) is 4.37. The molecule has 1 heteroatoms. The van der Waals surface area contributed by atoms with Crippen LogP contribution in [0.25, 0.3) is 0 Å². The van der Waals surface area contributed by atoms with Gasteiger partial charge in [0.15, 0.2) is 0 Å². The third-order valence-electron chi connectivity index (χ3n) is 2.70. The molecule has 14 heavy (non-hydrogen) atoms. The highest BCUT2D eigenvalue weighted by Crippen LogP contribution is 2.32. The van der Waals surface area contributed by atoms with E-state index in [9.17, 15) is 0 Å². The summed E-state index contributed by atoms with van der Waals surface area (Å²) in [5.41, 5.74) is 3.99. The molecule has 0 heterocycles. The van der Waals surface area contributed by atoms with Crippen molar-refractivity contribution >= 4 is 0 Å².